The Bertz CT molecular complexity index is 529. The van der Waals surface area contributed by atoms with E-state index in [9.17, 15) is 20.1 Å². The van der Waals surface area contributed by atoms with Crippen LogP contribution in [0, 0.1) is 34.5 Å². The third-order valence-corrected chi connectivity index (χ3v) is 8.41. The van der Waals surface area contributed by atoms with Crippen molar-refractivity contribution in [3.63, 3.8) is 0 Å². The fraction of sp³-hybridized carbons (Fsp3) is 0.947. The maximum absolute atomic E-state index is 12.4. The van der Waals surface area contributed by atoms with Gasteiger partial charge in [-0.3, -0.25) is 4.79 Å². The molecule has 4 saturated carbocycles. The minimum absolute atomic E-state index is 0.0752. The van der Waals surface area contributed by atoms with E-state index in [1.54, 1.807) is 0 Å². The Hall–Kier alpha value is -0.450. The first-order valence-electron chi connectivity index (χ1n) is 9.34. The summed E-state index contributed by atoms with van der Waals surface area (Å²) in [5, 5.41) is 31.9. The molecule has 0 aromatic heterocycles. The van der Waals surface area contributed by atoms with Gasteiger partial charge in [-0.05, 0) is 61.7 Å². The zero-order chi connectivity index (χ0) is 16.6. The molecule has 130 valence electrons. The molecule has 0 heterocycles. The lowest BCUT2D eigenvalue weighted by Gasteiger charge is -2.63. The van der Waals surface area contributed by atoms with Gasteiger partial charge < -0.3 is 15.3 Å². The van der Waals surface area contributed by atoms with Crippen molar-refractivity contribution >= 4 is 5.78 Å². The van der Waals surface area contributed by atoms with E-state index in [2.05, 4.69) is 13.8 Å². The van der Waals surface area contributed by atoms with Crippen molar-refractivity contribution in [2.75, 3.05) is 0 Å². The summed E-state index contributed by atoms with van der Waals surface area (Å²) in [7, 11) is 0. The quantitative estimate of drug-likeness (QED) is 0.598. The lowest BCUT2D eigenvalue weighted by molar-refractivity contribution is -0.301. The van der Waals surface area contributed by atoms with Crippen molar-refractivity contribution < 1.29 is 20.1 Å². The molecule has 0 aromatic carbocycles. The van der Waals surface area contributed by atoms with Crippen LogP contribution in [0.25, 0.3) is 0 Å². The van der Waals surface area contributed by atoms with Gasteiger partial charge >= 0.3 is 0 Å². The van der Waals surface area contributed by atoms with E-state index in [-0.39, 0.29) is 40.6 Å². The molecule has 4 fully saturated rings. The van der Waals surface area contributed by atoms with Crippen molar-refractivity contribution in [3.05, 3.63) is 0 Å². The molecule has 1 unspecified atom stereocenters. The smallest absolute Gasteiger partial charge is 0.166 e. The molecule has 4 heteroatoms. The third kappa shape index (κ3) is 2.04. The first-order valence-corrected chi connectivity index (χ1v) is 9.34. The summed E-state index contributed by atoms with van der Waals surface area (Å²) in [6, 6.07) is 0. The normalized spacial score (nSPS) is 55.0. The molecule has 4 nitrogen and oxygen atoms in total. The van der Waals surface area contributed by atoms with Gasteiger partial charge in [-0.2, -0.15) is 0 Å². The molecule has 4 aliphatic rings. The van der Waals surface area contributed by atoms with Gasteiger partial charge in [-0.1, -0.05) is 13.8 Å². The number of aliphatic hydroxyl groups is 3. The highest BCUT2D eigenvalue weighted by Crippen LogP contribution is 2.67. The summed E-state index contributed by atoms with van der Waals surface area (Å²) in [6.45, 7) is 4.36. The average Bonchev–Trinajstić information content (AvgIpc) is 2.77. The van der Waals surface area contributed by atoms with Gasteiger partial charge in [0.05, 0.1) is 6.10 Å². The third-order valence-electron chi connectivity index (χ3n) is 8.41. The number of aliphatic hydroxyl groups excluding tert-OH is 1. The summed E-state index contributed by atoms with van der Waals surface area (Å²) in [4.78, 5) is 12.4. The first-order chi connectivity index (χ1) is 10.7. The lowest BCUT2D eigenvalue weighted by Crippen LogP contribution is -2.63. The predicted molar refractivity (Wildman–Crippen MR) is 85.3 cm³/mol. The maximum Gasteiger partial charge on any atom is 0.166 e. The summed E-state index contributed by atoms with van der Waals surface area (Å²) < 4.78 is 0. The fourth-order valence-corrected chi connectivity index (χ4v) is 7.00. The fourth-order valence-electron chi connectivity index (χ4n) is 7.00. The summed E-state index contributed by atoms with van der Waals surface area (Å²) in [5.41, 5.74) is -0.277. The number of ketones is 1. The van der Waals surface area contributed by atoms with E-state index in [1.165, 1.54) is 0 Å². The Labute approximate surface area is 138 Å². The predicted octanol–water partition coefficient (Wildman–Crippen LogP) is 2.25. The molecule has 0 spiro atoms. The van der Waals surface area contributed by atoms with E-state index in [1.807, 2.05) is 0 Å². The van der Waals surface area contributed by atoms with Gasteiger partial charge in [0.2, 0.25) is 0 Å². The van der Waals surface area contributed by atoms with Gasteiger partial charge in [0.15, 0.2) is 5.79 Å². The van der Waals surface area contributed by atoms with Crippen LogP contribution in [0.1, 0.15) is 65.2 Å². The Morgan fingerprint density at radius 2 is 1.78 bits per heavy atom. The van der Waals surface area contributed by atoms with E-state index in [0.717, 1.165) is 32.1 Å². The second-order valence-electron chi connectivity index (χ2n) is 9.37. The topological polar surface area (TPSA) is 77.8 Å². The molecule has 0 radical (unpaired) electrons. The molecule has 0 bridgehead atoms. The summed E-state index contributed by atoms with van der Waals surface area (Å²) in [6.07, 6.45) is 5.72. The SMILES string of the molecule is C[C@]12CC[C@H](O)CC1CC(O)(O)[C@@H]1[C@@H]2CC[C@]2(C)C(=O)CC[C@@H]12. The number of carbonyl (C=O) groups is 1. The van der Waals surface area contributed by atoms with Crippen molar-refractivity contribution in [1.29, 1.82) is 0 Å². The molecule has 4 aliphatic carbocycles. The van der Waals surface area contributed by atoms with E-state index in [4.69, 9.17) is 0 Å². The van der Waals surface area contributed by atoms with E-state index in [0.29, 0.717) is 25.0 Å². The van der Waals surface area contributed by atoms with Gasteiger partial charge in [0.25, 0.3) is 0 Å². The maximum atomic E-state index is 12.4. The van der Waals surface area contributed by atoms with Crippen molar-refractivity contribution in [2.24, 2.45) is 34.5 Å². The Balaban J connectivity index is 1.74. The van der Waals surface area contributed by atoms with Crippen LogP contribution >= 0.6 is 0 Å². The minimum Gasteiger partial charge on any atom is -0.393 e. The zero-order valence-corrected chi connectivity index (χ0v) is 14.3. The van der Waals surface area contributed by atoms with Crippen LogP contribution in [0.5, 0.6) is 0 Å². The highest BCUT2D eigenvalue weighted by Gasteiger charge is 2.66. The van der Waals surface area contributed by atoms with Crippen molar-refractivity contribution in [3.8, 4) is 0 Å². The van der Waals surface area contributed by atoms with Gasteiger partial charge in [-0.25, -0.2) is 0 Å². The zero-order valence-electron chi connectivity index (χ0n) is 14.3. The van der Waals surface area contributed by atoms with Gasteiger partial charge in [0.1, 0.15) is 5.78 Å². The molecule has 4 rings (SSSR count). The van der Waals surface area contributed by atoms with Crippen LogP contribution in [-0.4, -0.2) is 33.0 Å². The number of rotatable bonds is 0. The average molecular weight is 322 g/mol. The first kappa shape index (κ1) is 16.0. The van der Waals surface area contributed by atoms with Crippen molar-refractivity contribution in [2.45, 2.75) is 77.1 Å². The molecule has 23 heavy (non-hydrogen) atoms. The number of hydrogen-bond acceptors (Lipinski definition) is 4. The summed E-state index contributed by atoms with van der Waals surface area (Å²) >= 11 is 0. The largest absolute Gasteiger partial charge is 0.393 e. The van der Waals surface area contributed by atoms with Gasteiger partial charge in [-0.15, -0.1) is 0 Å². The number of fused-ring (bicyclic) bond motifs is 5. The van der Waals surface area contributed by atoms with Crippen LogP contribution in [0.2, 0.25) is 0 Å². The number of carbonyl (C=O) groups excluding carboxylic acids is 1. The molecule has 0 amide bonds. The Kier molecular flexibility index (Phi) is 3.35. The molecule has 0 aliphatic heterocycles. The van der Waals surface area contributed by atoms with Crippen LogP contribution in [0.3, 0.4) is 0 Å². The molecule has 0 saturated heterocycles. The highest BCUT2D eigenvalue weighted by atomic mass is 16.5. The van der Waals surface area contributed by atoms with E-state index < -0.39 is 5.79 Å². The minimum atomic E-state index is -1.69. The van der Waals surface area contributed by atoms with E-state index >= 15 is 0 Å². The number of hydrogen-bond donors (Lipinski definition) is 3. The molecule has 3 N–H and O–H groups in total. The Morgan fingerprint density at radius 1 is 1.04 bits per heavy atom. The van der Waals surface area contributed by atoms with Crippen LogP contribution in [0.4, 0.5) is 0 Å². The molecule has 0 aromatic rings. The molecule has 7 atom stereocenters. The van der Waals surface area contributed by atoms with Crippen LogP contribution in [0.15, 0.2) is 0 Å². The summed E-state index contributed by atoms with van der Waals surface area (Å²) in [5.74, 6) is -1.03. The highest BCUT2D eigenvalue weighted by molar-refractivity contribution is 5.87. The van der Waals surface area contributed by atoms with Crippen LogP contribution in [-0.2, 0) is 4.79 Å². The monoisotopic (exact) mass is 322 g/mol. The Morgan fingerprint density at radius 3 is 2.52 bits per heavy atom. The molecular weight excluding hydrogens is 292 g/mol. The second kappa shape index (κ2) is 4.80. The van der Waals surface area contributed by atoms with Crippen molar-refractivity contribution in [1.82, 2.24) is 0 Å². The lowest BCUT2D eigenvalue weighted by atomic mass is 9.43. The standard InChI is InChI=1S/C19H30O4/c1-17-7-5-12(20)9-11(17)10-19(22,23)16-13-3-4-15(21)18(13,2)8-6-14(16)17/h11-14,16,20,22-23H,3-10H2,1-2H3/t11?,12-,13-,14-,16-,17-,18-/m0/s1. The van der Waals surface area contributed by atoms with Gasteiger partial charge in [0, 0.05) is 24.2 Å². The van der Waals surface area contributed by atoms with Crippen LogP contribution < -0.4 is 0 Å². The molecular formula is C19H30O4. The number of Topliss-reactive ketones (excluding diaryl/α,β-unsaturated/α-hetero) is 1. The second-order valence-corrected chi connectivity index (χ2v) is 9.37.